The molecule has 0 saturated heterocycles. The van der Waals surface area contributed by atoms with E-state index in [1.807, 2.05) is 18.2 Å². The van der Waals surface area contributed by atoms with Crippen LogP contribution in [0.1, 0.15) is 5.56 Å². The molecular weight excluding hydrogens is 195 g/mol. The SMILES string of the molecule is O=COCc1ccc2cc(F)ccc2c1. The van der Waals surface area contributed by atoms with Crippen molar-refractivity contribution in [1.29, 1.82) is 0 Å². The number of hydrogen-bond acceptors (Lipinski definition) is 2. The van der Waals surface area contributed by atoms with Gasteiger partial charge in [-0.05, 0) is 34.5 Å². The summed E-state index contributed by atoms with van der Waals surface area (Å²) in [7, 11) is 0. The zero-order valence-corrected chi connectivity index (χ0v) is 7.94. The van der Waals surface area contributed by atoms with Crippen LogP contribution in [0.5, 0.6) is 0 Å². The molecule has 2 aromatic carbocycles. The summed E-state index contributed by atoms with van der Waals surface area (Å²) in [4.78, 5) is 10.0. The Hall–Kier alpha value is -1.90. The Bertz CT molecular complexity index is 494. The summed E-state index contributed by atoms with van der Waals surface area (Å²) in [6.07, 6.45) is 0. The highest BCUT2D eigenvalue weighted by atomic mass is 19.1. The molecule has 15 heavy (non-hydrogen) atoms. The molecule has 0 spiro atoms. The van der Waals surface area contributed by atoms with Gasteiger partial charge in [-0.25, -0.2) is 4.39 Å². The Labute approximate surface area is 86.3 Å². The van der Waals surface area contributed by atoms with Crippen molar-refractivity contribution < 1.29 is 13.9 Å². The molecule has 0 aliphatic carbocycles. The molecule has 0 fully saturated rings. The van der Waals surface area contributed by atoms with Gasteiger partial charge < -0.3 is 4.74 Å². The molecule has 0 aromatic heterocycles. The van der Waals surface area contributed by atoms with Gasteiger partial charge in [0.05, 0.1) is 0 Å². The van der Waals surface area contributed by atoms with Gasteiger partial charge in [-0.2, -0.15) is 0 Å². The molecular formula is C12H9FO2. The van der Waals surface area contributed by atoms with Crippen molar-refractivity contribution in [3.8, 4) is 0 Å². The maximum Gasteiger partial charge on any atom is 0.293 e. The normalized spacial score (nSPS) is 10.2. The summed E-state index contributed by atoms with van der Waals surface area (Å²) in [5, 5.41) is 1.77. The van der Waals surface area contributed by atoms with Gasteiger partial charge in [0.25, 0.3) is 6.47 Å². The van der Waals surface area contributed by atoms with Crippen molar-refractivity contribution in [3.63, 3.8) is 0 Å². The fourth-order valence-electron chi connectivity index (χ4n) is 1.49. The van der Waals surface area contributed by atoms with Gasteiger partial charge in [-0.3, -0.25) is 4.79 Å². The lowest BCUT2D eigenvalue weighted by Crippen LogP contribution is -1.89. The summed E-state index contributed by atoms with van der Waals surface area (Å²) in [6.45, 7) is 0.658. The number of ether oxygens (including phenoxy) is 1. The standard InChI is InChI=1S/C12H9FO2/c13-12-4-3-10-5-9(7-15-8-14)1-2-11(10)6-12/h1-6,8H,7H2. The third-order valence-electron chi connectivity index (χ3n) is 2.18. The molecule has 0 saturated carbocycles. The summed E-state index contributed by atoms with van der Waals surface area (Å²) in [5.74, 6) is -0.251. The first kappa shape index (κ1) is 9.65. The molecule has 0 heterocycles. The minimum absolute atomic E-state index is 0.247. The highest BCUT2D eigenvalue weighted by molar-refractivity contribution is 5.83. The molecule has 0 amide bonds. The third kappa shape index (κ3) is 2.13. The highest BCUT2D eigenvalue weighted by Gasteiger charge is 1.98. The van der Waals surface area contributed by atoms with Gasteiger partial charge >= 0.3 is 0 Å². The van der Waals surface area contributed by atoms with E-state index in [1.165, 1.54) is 12.1 Å². The maximum atomic E-state index is 12.9. The van der Waals surface area contributed by atoms with Gasteiger partial charge in [0.1, 0.15) is 12.4 Å². The van der Waals surface area contributed by atoms with Crippen LogP contribution in [0, 0.1) is 5.82 Å². The van der Waals surface area contributed by atoms with Crippen LogP contribution in [-0.2, 0) is 16.1 Å². The summed E-state index contributed by atoms with van der Waals surface area (Å²) in [6, 6.07) is 10.1. The Morgan fingerprint density at radius 3 is 2.67 bits per heavy atom. The number of fused-ring (bicyclic) bond motifs is 1. The van der Waals surface area contributed by atoms with E-state index in [1.54, 1.807) is 6.07 Å². The number of hydrogen-bond donors (Lipinski definition) is 0. The van der Waals surface area contributed by atoms with Crippen LogP contribution >= 0.6 is 0 Å². The second kappa shape index (κ2) is 4.09. The second-order valence-electron chi connectivity index (χ2n) is 3.23. The third-order valence-corrected chi connectivity index (χ3v) is 2.18. The zero-order valence-electron chi connectivity index (χ0n) is 7.94. The number of rotatable bonds is 3. The topological polar surface area (TPSA) is 26.3 Å². The summed E-state index contributed by atoms with van der Waals surface area (Å²) >= 11 is 0. The molecule has 76 valence electrons. The van der Waals surface area contributed by atoms with Gasteiger partial charge in [0.2, 0.25) is 0 Å². The van der Waals surface area contributed by atoms with Crippen molar-refractivity contribution in [2.24, 2.45) is 0 Å². The van der Waals surface area contributed by atoms with Crippen molar-refractivity contribution in [3.05, 3.63) is 47.8 Å². The fraction of sp³-hybridized carbons (Fsp3) is 0.0833. The Balaban J connectivity index is 2.38. The molecule has 2 aromatic rings. The molecule has 2 nitrogen and oxygen atoms in total. The van der Waals surface area contributed by atoms with E-state index in [2.05, 4.69) is 4.74 Å². The Kier molecular flexibility index (Phi) is 2.63. The van der Waals surface area contributed by atoms with Gasteiger partial charge in [-0.1, -0.05) is 18.2 Å². The van der Waals surface area contributed by atoms with Gasteiger partial charge in [0, 0.05) is 0 Å². The van der Waals surface area contributed by atoms with E-state index in [0.717, 1.165) is 16.3 Å². The lowest BCUT2D eigenvalue weighted by atomic mass is 10.1. The average Bonchev–Trinajstić information content (AvgIpc) is 2.26. The molecule has 0 atom stereocenters. The van der Waals surface area contributed by atoms with E-state index in [9.17, 15) is 9.18 Å². The zero-order chi connectivity index (χ0) is 10.7. The molecule has 3 heteroatoms. The Morgan fingerprint density at radius 2 is 1.87 bits per heavy atom. The maximum absolute atomic E-state index is 12.9. The minimum atomic E-state index is -0.251. The first-order chi connectivity index (χ1) is 7.29. The van der Waals surface area contributed by atoms with E-state index < -0.39 is 0 Å². The van der Waals surface area contributed by atoms with Crippen molar-refractivity contribution in [1.82, 2.24) is 0 Å². The predicted molar refractivity (Wildman–Crippen MR) is 54.8 cm³/mol. The minimum Gasteiger partial charge on any atom is -0.463 e. The Morgan fingerprint density at radius 1 is 1.13 bits per heavy atom. The molecule has 0 aliphatic rings. The number of carbonyl (C=O) groups is 1. The first-order valence-electron chi connectivity index (χ1n) is 4.53. The largest absolute Gasteiger partial charge is 0.463 e. The molecule has 0 aliphatic heterocycles. The number of benzene rings is 2. The molecule has 0 radical (unpaired) electrons. The van der Waals surface area contributed by atoms with Gasteiger partial charge in [-0.15, -0.1) is 0 Å². The second-order valence-corrected chi connectivity index (χ2v) is 3.23. The number of halogens is 1. The smallest absolute Gasteiger partial charge is 0.293 e. The average molecular weight is 204 g/mol. The molecule has 0 unspecified atom stereocenters. The van der Waals surface area contributed by atoms with Crippen molar-refractivity contribution in [2.45, 2.75) is 6.61 Å². The van der Waals surface area contributed by atoms with Crippen LogP contribution in [0.4, 0.5) is 4.39 Å². The van der Waals surface area contributed by atoms with E-state index in [4.69, 9.17) is 0 Å². The molecule has 2 rings (SSSR count). The summed E-state index contributed by atoms with van der Waals surface area (Å²) in [5.41, 5.74) is 0.890. The molecule has 0 bridgehead atoms. The van der Waals surface area contributed by atoms with Crippen LogP contribution in [0.2, 0.25) is 0 Å². The van der Waals surface area contributed by atoms with Crippen molar-refractivity contribution >= 4 is 17.2 Å². The van der Waals surface area contributed by atoms with Crippen molar-refractivity contribution in [2.75, 3.05) is 0 Å². The lowest BCUT2D eigenvalue weighted by molar-refractivity contribution is -0.129. The highest BCUT2D eigenvalue weighted by Crippen LogP contribution is 2.17. The van der Waals surface area contributed by atoms with E-state index in [-0.39, 0.29) is 12.4 Å². The number of carbonyl (C=O) groups excluding carboxylic acids is 1. The fourth-order valence-corrected chi connectivity index (χ4v) is 1.49. The van der Waals surface area contributed by atoms with Crippen LogP contribution < -0.4 is 0 Å². The predicted octanol–water partition coefficient (Wildman–Crippen LogP) is 2.65. The van der Waals surface area contributed by atoms with Crippen LogP contribution in [-0.4, -0.2) is 6.47 Å². The lowest BCUT2D eigenvalue weighted by Gasteiger charge is -2.02. The quantitative estimate of drug-likeness (QED) is 0.718. The summed E-state index contributed by atoms with van der Waals surface area (Å²) < 4.78 is 17.5. The van der Waals surface area contributed by atoms with E-state index in [0.29, 0.717) is 6.47 Å². The van der Waals surface area contributed by atoms with Crippen LogP contribution in [0.25, 0.3) is 10.8 Å². The van der Waals surface area contributed by atoms with E-state index >= 15 is 0 Å². The van der Waals surface area contributed by atoms with Crippen LogP contribution in [0.15, 0.2) is 36.4 Å². The monoisotopic (exact) mass is 204 g/mol. The van der Waals surface area contributed by atoms with Crippen LogP contribution in [0.3, 0.4) is 0 Å². The molecule has 0 N–H and O–H groups in total. The van der Waals surface area contributed by atoms with Gasteiger partial charge in [0.15, 0.2) is 0 Å². The first-order valence-corrected chi connectivity index (χ1v) is 4.53.